The highest BCUT2D eigenvalue weighted by atomic mass is 79.9. The van der Waals surface area contributed by atoms with Gasteiger partial charge in [-0.05, 0) is 71.6 Å². The van der Waals surface area contributed by atoms with Crippen molar-refractivity contribution < 1.29 is 19.0 Å². The summed E-state index contributed by atoms with van der Waals surface area (Å²) in [6, 6.07) is 8.49. The van der Waals surface area contributed by atoms with Crippen molar-refractivity contribution >= 4 is 62.8 Å². The van der Waals surface area contributed by atoms with Gasteiger partial charge in [-0.15, -0.1) is 5.10 Å². The number of nitrogens with one attached hydrogen (secondary N) is 1. The van der Waals surface area contributed by atoms with Gasteiger partial charge >= 0.3 is 5.97 Å². The number of carbonyl (C=O) groups is 1. The number of hydrogen-bond donors (Lipinski definition) is 1. The van der Waals surface area contributed by atoms with Crippen molar-refractivity contribution in [3.05, 3.63) is 67.2 Å². The van der Waals surface area contributed by atoms with E-state index in [0.29, 0.717) is 55.0 Å². The average molecular weight is 642 g/mol. The molecule has 3 aromatic rings. The Balaban J connectivity index is 1.76. The van der Waals surface area contributed by atoms with E-state index in [1.165, 1.54) is 7.11 Å². The summed E-state index contributed by atoms with van der Waals surface area (Å²) in [6.45, 7) is 6.48. The summed E-state index contributed by atoms with van der Waals surface area (Å²) >= 11 is 17.4. The van der Waals surface area contributed by atoms with Gasteiger partial charge in [0.1, 0.15) is 12.6 Å². The van der Waals surface area contributed by atoms with Gasteiger partial charge in [-0.1, -0.05) is 48.0 Å². The molecule has 202 valence electrons. The molecule has 0 radical (unpaired) electrons. The second kappa shape index (κ2) is 12.6. The highest BCUT2D eigenvalue weighted by Gasteiger charge is 2.36. The molecule has 2 heterocycles. The molecule has 0 amide bonds. The van der Waals surface area contributed by atoms with Crippen molar-refractivity contribution in [2.45, 2.75) is 45.0 Å². The van der Waals surface area contributed by atoms with Crippen molar-refractivity contribution in [2.75, 3.05) is 24.8 Å². The standard InChI is InChI=1S/C26H27BrCl2N4O4S/c1-5-9-38-26-31-25-30-14(3)21(24(34)35-4)22(33(25)32-26)16-11-17(27)23(20(12-16)36-6-2)37-13-15-7-8-18(28)19(29)10-15/h7-8,10-12,22H,5-6,9,13H2,1-4H3,(H,30,31,32). The van der Waals surface area contributed by atoms with Crippen LogP contribution >= 0.6 is 50.9 Å². The predicted octanol–water partition coefficient (Wildman–Crippen LogP) is 7.29. The summed E-state index contributed by atoms with van der Waals surface area (Å²) in [5, 5.41) is 9.48. The van der Waals surface area contributed by atoms with Gasteiger partial charge in [0, 0.05) is 11.4 Å². The van der Waals surface area contributed by atoms with Crippen LogP contribution in [0.2, 0.25) is 10.0 Å². The maximum absolute atomic E-state index is 12.9. The number of ether oxygens (including phenoxy) is 3. The first-order valence-corrected chi connectivity index (χ1v) is 14.5. The number of fused-ring (bicyclic) bond motifs is 1. The number of aromatic nitrogens is 3. The Bertz CT molecular complexity index is 1380. The third-order valence-electron chi connectivity index (χ3n) is 5.69. The number of esters is 1. The first-order chi connectivity index (χ1) is 18.3. The Morgan fingerprint density at radius 2 is 1.97 bits per heavy atom. The number of hydrogen-bond acceptors (Lipinski definition) is 8. The van der Waals surface area contributed by atoms with Crippen LogP contribution in [0.1, 0.15) is 44.4 Å². The number of allylic oxidation sites excluding steroid dienone is 1. The summed E-state index contributed by atoms with van der Waals surface area (Å²) in [5.41, 5.74) is 2.67. The fourth-order valence-corrected chi connectivity index (χ4v) is 5.58. The molecule has 1 aromatic heterocycles. The first-order valence-electron chi connectivity index (χ1n) is 12.0. The zero-order chi connectivity index (χ0) is 27.4. The van der Waals surface area contributed by atoms with Gasteiger partial charge in [0.05, 0.1) is 33.8 Å². The first kappa shape index (κ1) is 28.6. The lowest BCUT2D eigenvalue weighted by atomic mass is 9.95. The Labute approximate surface area is 244 Å². The number of anilines is 1. The minimum Gasteiger partial charge on any atom is -0.490 e. The largest absolute Gasteiger partial charge is 0.490 e. The maximum atomic E-state index is 12.9. The number of benzene rings is 2. The molecule has 0 spiro atoms. The lowest BCUT2D eigenvalue weighted by Crippen LogP contribution is -2.29. The summed E-state index contributed by atoms with van der Waals surface area (Å²) in [7, 11) is 1.36. The fourth-order valence-electron chi connectivity index (χ4n) is 4.00. The van der Waals surface area contributed by atoms with Gasteiger partial charge in [0.15, 0.2) is 11.5 Å². The highest BCUT2D eigenvalue weighted by Crippen LogP contribution is 2.43. The molecule has 0 saturated carbocycles. The zero-order valence-electron chi connectivity index (χ0n) is 21.3. The third kappa shape index (κ3) is 6.09. The summed E-state index contributed by atoms with van der Waals surface area (Å²) in [6.07, 6.45) is 0.991. The van der Waals surface area contributed by atoms with Crippen LogP contribution in [0.25, 0.3) is 0 Å². The summed E-state index contributed by atoms with van der Waals surface area (Å²) in [5.74, 6) is 2.01. The molecule has 0 bridgehead atoms. The number of thioether (sulfide) groups is 1. The Hall–Kier alpha value is -2.40. The molecule has 0 aliphatic carbocycles. The number of halogens is 3. The van der Waals surface area contributed by atoms with E-state index < -0.39 is 12.0 Å². The molecule has 4 rings (SSSR count). The lowest BCUT2D eigenvalue weighted by molar-refractivity contribution is -0.136. The lowest BCUT2D eigenvalue weighted by Gasteiger charge is -2.28. The SMILES string of the molecule is CCCSc1nc2n(n1)C(c1cc(Br)c(OCc3ccc(Cl)c(Cl)c3)c(OCC)c1)C(C(=O)OC)=C(C)N2. The molecule has 1 N–H and O–H groups in total. The van der Waals surface area contributed by atoms with Crippen molar-refractivity contribution in [2.24, 2.45) is 0 Å². The minimum atomic E-state index is -0.596. The van der Waals surface area contributed by atoms with E-state index in [9.17, 15) is 4.79 Å². The molecule has 2 aromatic carbocycles. The average Bonchev–Trinajstić information content (AvgIpc) is 3.29. The molecule has 1 aliphatic rings. The van der Waals surface area contributed by atoms with Crippen LogP contribution in [-0.4, -0.2) is 40.2 Å². The molecule has 1 atom stereocenters. The quantitative estimate of drug-likeness (QED) is 0.182. The molecule has 1 aliphatic heterocycles. The molecule has 38 heavy (non-hydrogen) atoms. The molecule has 1 unspecified atom stereocenters. The number of nitrogens with zero attached hydrogens (tertiary/aromatic N) is 3. The molecule has 12 heteroatoms. The second-order valence-corrected chi connectivity index (χ2v) is 11.1. The van der Waals surface area contributed by atoms with Crippen LogP contribution in [0.4, 0.5) is 5.95 Å². The summed E-state index contributed by atoms with van der Waals surface area (Å²) < 4.78 is 19.6. The Morgan fingerprint density at radius 1 is 1.18 bits per heavy atom. The summed E-state index contributed by atoms with van der Waals surface area (Å²) in [4.78, 5) is 17.6. The molecule has 8 nitrogen and oxygen atoms in total. The van der Waals surface area contributed by atoms with Crippen LogP contribution < -0.4 is 14.8 Å². The van der Waals surface area contributed by atoms with Crippen molar-refractivity contribution in [1.29, 1.82) is 0 Å². The predicted molar refractivity (Wildman–Crippen MR) is 154 cm³/mol. The van der Waals surface area contributed by atoms with E-state index in [4.69, 9.17) is 42.5 Å². The van der Waals surface area contributed by atoms with Crippen molar-refractivity contribution in [3.63, 3.8) is 0 Å². The second-order valence-electron chi connectivity index (χ2n) is 8.37. The smallest absolute Gasteiger partial charge is 0.338 e. The highest BCUT2D eigenvalue weighted by molar-refractivity contribution is 9.10. The van der Waals surface area contributed by atoms with E-state index in [1.807, 2.05) is 32.0 Å². The number of rotatable bonds is 10. The molecule has 0 fully saturated rings. The zero-order valence-corrected chi connectivity index (χ0v) is 25.2. The van der Waals surface area contributed by atoms with E-state index >= 15 is 0 Å². The van der Waals surface area contributed by atoms with Crippen molar-refractivity contribution in [3.8, 4) is 11.5 Å². The van der Waals surface area contributed by atoms with Crippen LogP contribution in [0.5, 0.6) is 11.5 Å². The Morgan fingerprint density at radius 3 is 2.66 bits per heavy atom. The van der Waals surface area contributed by atoms with Gasteiger partial charge in [0.2, 0.25) is 11.1 Å². The monoisotopic (exact) mass is 640 g/mol. The van der Waals surface area contributed by atoms with Crippen LogP contribution in [0.3, 0.4) is 0 Å². The van der Waals surface area contributed by atoms with Gasteiger partial charge in [-0.2, -0.15) is 4.98 Å². The van der Waals surface area contributed by atoms with Crippen molar-refractivity contribution in [1.82, 2.24) is 14.8 Å². The van der Waals surface area contributed by atoms with Crippen LogP contribution in [0, 0.1) is 0 Å². The maximum Gasteiger partial charge on any atom is 0.338 e. The number of methoxy groups -OCH3 is 1. The number of carbonyl (C=O) groups excluding carboxylic acids is 1. The van der Waals surface area contributed by atoms with Gasteiger partial charge in [-0.25, -0.2) is 9.48 Å². The van der Waals surface area contributed by atoms with E-state index in [0.717, 1.165) is 23.3 Å². The normalized spacial score (nSPS) is 14.7. The molecular weight excluding hydrogens is 615 g/mol. The minimum absolute atomic E-state index is 0.250. The topological polar surface area (TPSA) is 87.5 Å². The van der Waals surface area contributed by atoms with Crippen LogP contribution in [0.15, 0.2) is 51.2 Å². The third-order valence-corrected chi connectivity index (χ3v) is 8.06. The molecule has 0 saturated heterocycles. The van der Waals surface area contributed by atoms with Gasteiger partial charge in [0.25, 0.3) is 0 Å². The van der Waals surface area contributed by atoms with Gasteiger partial charge < -0.3 is 19.5 Å². The van der Waals surface area contributed by atoms with E-state index in [-0.39, 0.29) is 6.61 Å². The van der Waals surface area contributed by atoms with E-state index in [2.05, 4.69) is 33.2 Å². The van der Waals surface area contributed by atoms with E-state index in [1.54, 1.807) is 28.6 Å². The van der Waals surface area contributed by atoms with Crippen LogP contribution in [-0.2, 0) is 16.1 Å². The molecular formula is C26H27BrCl2N4O4S. The Kier molecular flexibility index (Phi) is 9.51. The van der Waals surface area contributed by atoms with Gasteiger partial charge in [-0.3, -0.25) is 0 Å². The fraction of sp³-hybridized carbons (Fsp3) is 0.346.